The number of hydrogen-bond acceptors (Lipinski definition) is 3. The quantitative estimate of drug-likeness (QED) is 0.694. The van der Waals surface area contributed by atoms with Gasteiger partial charge in [0.2, 0.25) is 0 Å². The van der Waals surface area contributed by atoms with Crippen molar-refractivity contribution in [2.75, 3.05) is 45.8 Å². The Balaban J connectivity index is 2.13. The first-order valence-electron chi connectivity index (χ1n) is 8.45. The first-order chi connectivity index (χ1) is 10.3. The van der Waals surface area contributed by atoms with E-state index in [2.05, 4.69) is 61.2 Å². The number of nitrogens with one attached hydrogen (secondary N) is 1. The zero-order valence-corrected chi connectivity index (χ0v) is 15.1. The van der Waals surface area contributed by atoms with Gasteiger partial charge < -0.3 is 5.32 Å². The Morgan fingerprint density at radius 1 is 1.09 bits per heavy atom. The highest BCUT2D eigenvalue weighted by Crippen LogP contribution is 2.21. The second-order valence-electron chi connectivity index (χ2n) is 7.66. The van der Waals surface area contributed by atoms with Crippen LogP contribution in [0.5, 0.6) is 0 Å². The molecule has 0 radical (unpaired) electrons. The maximum atomic E-state index is 4.13. The van der Waals surface area contributed by atoms with Gasteiger partial charge in [0.15, 0.2) is 0 Å². The topological polar surface area (TPSA) is 18.5 Å². The van der Waals surface area contributed by atoms with Gasteiger partial charge in [-0.3, -0.25) is 9.80 Å². The summed E-state index contributed by atoms with van der Waals surface area (Å²) in [6.45, 7) is 24.6. The fraction of sp³-hybridized carbons (Fsp3) is 0.684. The van der Waals surface area contributed by atoms with E-state index in [-0.39, 0.29) is 0 Å². The summed E-state index contributed by atoms with van der Waals surface area (Å²) in [7, 11) is 0. The van der Waals surface area contributed by atoms with E-state index in [1.54, 1.807) is 0 Å². The van der Waals surface area contributed by atoms with Crippen molar-refractivity contribution < 1.29 is 0 Å². The van der Waals surface area contributed by atoms with Crippen molar-refractivity contribution in [3.63, 3.8) is 0 Å². The van der Waals surface area contributed by atoms with Crippen molar-refractivity contribution >= 4 is 0 Å². The molecule has 22 heavy (non-hydrogen) atoms. The Bertz CT molecular complexity index is 382. The molecule has 0 aromatic carbocycles. The molecule has 1 fully saturated rings. The zero-order chi connectivity index (χ0) is 16.6. The summed E-state index contributed by atoms with van der Waals surface area (Å²) in [5.41, 5.74) is 2.60. The summed E-state index contributed by atoms with van der Waals surface area (Å²) < 4.78 is 0. The molecular weight excluding hydrogens is 270 g/mol. The number of nitrogens with zero attached hydrogens (tertiary/aromatic N) is 2. The molecule has 0 amide bonds. The summed E-state index contributed by atoms with van der Waals surface area (Å²) >= 11 is 0. The summed E-state index contributed by atoms with van der Waals surface area (Å²) in [5.74, 6) is 0. The fourth-order valence-electron chi connectivity index (χ4n) is 2.69. The van der Waals surface area contributed by atoms with Crippen LogP contribution in [0, 0.1) is 5.41 Å². The average molecular weight is 306 g/mol. The smallest absolute Gasteiger partial charge is 0.0271 e. The van der Waals surface area contributed by atoms with Crippen LogP contribution < -0.4 is 5.32 Å². The first kappa shape index (κ1) is 19.0. The molecule has 126 valence electrons. The van der Waals surface area contributed by atoms with Crippen molar-refractivity contribution in [3.05, 3.63) is 36.6 Å². The van der Waals surface area contributed by atoms with Gasteiger partial charge in [0.05, 0.1) is 0 Å². The third-order valence-corrected chi connectivity index (χ3v) is 3.78. The molecule has 0 unspecified atom stereocenters. The van der Waals surface area contributed by atoms with Gasteiger partial charge in [0.25, 0.3) is 0 Å². The lowest BCUT2D eigenvalue weighted by Gasteiger charge is -2.34. The largest absolute Gasteiger partial charge is 0.388 e. The van der Waals surface area contributed by atoms with E-state index in [4.69, 9.17) is 0 Å². The van der Waals surface area contributed by atoms with Crippen molar-refractivity contribution in [3.8, 4) is 0 Å². The summed E-state index contributed by atoms with van der Waals surface area (Å²) in [6, 6.07) is 0. The highest BCUT2D eigenvalue weighted by molar-refractivity contribution is 5.11. The molecule has 0 atom stereocenters. The summed E-state index contributed by atoms with van der Waals surface area (Å²) in [6.07, 6.45) is 5.36. The van der Waals surface area contributed by atoms with E-state index >= 15 is 0 Å². The predicted molar refractivity (Wildman–Crippen MR) is 98.0 cm³/mol. The number of piperazine rings is 1. The Morgan fingerprint density at radius 2 is 1.68 bits per heavy atom. The molecule has 3 heteroatoms. The van der Waals surface area contributed by atoms with Crippen LogP contribution in [0.25, 0.3) is 0 Å². The van der Waals surface area contributed by atoms with E-state index in [1.165, 1.54) is 0 Å². The zero-order valence-electron chi connectivity index (χ0n) is 15.1. The lowest BCUT2D eigenvalue weighted by atomic mass is 9.91. The molecule has 0 spiro atoms. The van der Waals surface area contributed by atoms with E-state index in [1.807, 2.05) is 6.92 Å². The van der Waals surface area contributed by atoms with Gasteiger partial charge in [-0.25, -0.2) is 0 Å². The Hall–Kier alpha value is -1.06. The van der Waals surface area contributed by atoms with Crippen LogP contribution in [0.3, 0.4) is 0 Å². The minimum Gasteiger partial charge on any atom is -0.388 e. The Labute approximate surface area is 137 Å². The molecule has 1 heterocycles. The molecule has 0 aromatic rings. The monoisotopic (exact) mass is 305 g/mol. The average Bonchev–Trinajstić information content (AvgIpc) is 2.38. The minimum absolute atomic E-state index is 0.313. The molecule has 0 saturated carbocycles. The van der Waals surface area contributed by atoms with Gasteiger partial charge in [-0.15, -0.1) is 0 Å². The van der Waals surface area contributed by atoms with Crippen LogP contribution in [0.4, 0.5) is 0 Å². The fourth-order valence-corrected chi connectivity index (χ4v) is 2.69. The number of allylic oxidation sites excluding steroid dienone is 3. The third-order valence-electron chi connectivity index (χ3n) is 3.78. The maximum absolute atomic E-state index is 4.13. The first-order valence-corrected chi connectivity index (χ1v) is 8.45. The second-order valence-corrected chi connectivity index (χ2v) is 7.66. The van der Waals surface area contributed by atoms with E-state index in [0.29, 0.717) is 5.41 Å². The molecule has 1 rings (SSSR count). The highest BCUT2D eigenvalue weighted by atomic mass is 15.3. The van der Waals surface area contributed by atoms with Crippen molar-refractivity contribution in [2.24, 2.45) is 5.41 Å². The van der Waals surface area contributed by atoms with Gasteiger partial charge in [0.1, 0.15) is 0 Å². The van der Waals surface area contributed by atoms with Crippen LogP contribution in [-0.2, 0) is 0 Å². The van der Waals surface area contributed by atoms with Crippen LogP contribution >= 0.6 is 0 Å². The SMILES string of the molecule is C=C(C)/C=C/CN1CCN(CCNC(=C)CC(C)(C)C)CC1. The molecule has 1 aliphatic heterocycles. The minimum atomic E-state index is 0.313. The molecule has 0 aromatic heterocycles. The van der Waals surface area contributed by atoms with Gasteiger partial charge in [-0.05, 0) is 18.8 Å². The lowest BCUT2D eigenvalue weighted by Crippen LogP contribution is -2.47. The molecular formula is C19H35N3. The van der Waals surface area contributed by atoms with Crippen LogP contribution in [-0.4, -0.2) is 55.6 Å². The van der Waals surface area contributed by atoms with Crippen molar-refractivity contribution in [1.29, 1.82) is 0 Å². The summed E-state index contributed by atoms with van der Waals surface area (Å²) in [5, 5.41) is 3.47. The Morgan fingerprint density at radius 3 is 2.23 bits per heavy atom. The van der Waals surface area contributed by atoms with Crippen LogP contribution in [0.1, 0.15) is 34.1 Å². The molecule has 1 saturated heterocycles. The third kappa shape index (κ3) is 9.06. The van der Waals surface area contributed by atoms with E-state index in [9.17, 15) is 0 Å². The molecule has 1 N–H and O–H groups in total. The van der Waals surface area contributed by atoms with Crippen LogP contribution in [0.15, 0.2) is 36.6 Å². The normalized spacial score (nSPS) is 17.8. The number of rotatable bonds is 8. The second kappa shape index (κ2) is 9.16. The van der Waals surface area contributed by atoms with Gasteiger partial charge in [0, 0.05) is 51.5 Å². The maximum Gasteiger partial charge on any atom is 0.0271 e. The van der Waals surface area contributed by atoms with Gasteiger partial charge in [-0.2, -0.15) is 0 Å². The van der Waals surface area contributed by atoms with Crippen molar-refractivity contribution in [1.82, 2.24) is 15.1 Å². The van der Waals surface area contributed by atoms with Gasteiger partial charge in [-0.1, -0.05) is 51.7 Å². The molecule has 1 aliphatic rings. The summed E-state index contributed by atoms with van der Waals surface area (Å²) in [4.78, 5) is 5.04. The number of hydrogen-bond donors (Lipinski definition) is 1. The van der Waals surface area contributed by atoms with Crippen LogP contribution in [0.2, 0.25) is 0 Å². The predicted octanol–water partition coefficient (Wildman–Crippen LogP) is 3.28. The Kier molecular flexibility index (Phi) is 7.91. The van der Waals surface area contributed by atoms with E-state index in [0.717, 1.165) is 63.5 Å². The highest BCUT2D eigenvalue weighted by Gasteiger charge is 2.16. The van der Waals surface area contributed by atoms with Gasteiger partial charge >= 0.3 is 0 Å². The molecule has 0 bridgehead atoms. The standard InChI is InChI=1S/C19H35N3/c1-17(2)8-7-10-21-12-14-22(15-13-21)11-9-20-18(3)16-19(4,5)6/h7-8,20H,1,3,9-16H2,2,4-6H3/b8-7+. The molecule has 3 nitrogen and oxygen atoms in total. The molecule has 0 aliphatic carbocycles. The van der Waals surface area contributed by atoms with E-state index < -0.39 is 0 Å². The lowest BCUT2D eigenvalue weighted by molar-refractivity contribution is 0.143. The van der Waals surface area contributed by atoms with Crippen molar-refractivity contribution in [2.45, 2.75) is 34.1 Å².